The first-order valence-corrected chi connectivity index (χ1v) is 13.3. The van der Waals surface area contributed by atoms with Gasteiger partial charge in [-0.3, -0.25) is 4.79 Å². The van der Waals surface area contributed by atoms with E-state index in [1.54, 1.807) is 19.8 Å². The number of benzene rings is 1. The molecule has 2 saturated carbocycles. The van der Waals surface area contributed by atoms with E-state index >= 15 is 0 Å². The fraction of sp³-hybridized carbons (Fsp3) is 0.600. The molecule has 0 spiro atoms. The molecule has 4 aliphatic rings. The van der Waals surface area contributed by atoms with Gasteiger partial charge in [-0.05, 0) is 91.7 Å². The van der Waals surface area contributed by atoms with Gasteiger partial charge in [-0.15, -0.1) is 0 Å². The first-order chi connectivity index (χ1) is 17.3. The number of hydrogen-bond acceptors (Lipinski definition) is 6. The fourth-order valence-corrected chi connectivity index (χ4v) is 8.20. The Morgan fingerprint density at radius 3 is 2.53 bits per heavy atom. The van der Waals surface area contributed by atoms with E-state index in [9.17, 15) is 10.0 Å². The third-order valence-corrected chi connectivity index (χ3v) is 9.88. The Morgan fingerprint density at radius 2 is 1.89 bits per heavy atom. The maximum absolute atomic E-state index is 13.6. The first kappa shape index (κ1) is 25.2. The van der Waals surface area contributed by atoms with Gasteiger partial charge in [0.1, 0.15) is 12.2 Å². The molecule has 194 valence electrons. The van der Waals surface area contributed by atoms with Crippen LogP contribution in [0.1, 0.15) is 63.4 Å². The van der Waals surface area contributed by atoms with E-state index in [1.165, 1.54) is 22.4 Å². The van der Waals surface area contributed by atoms with Crippen molar-refractivity contribution in [3.63, 3.8) is 0 Å². The number of anilines is 1. The molecule has 0 radical (unpaired) electrons. The molecule has 6 heteroatoms. The molecule has 0 amide bonds. The van der Waals surface area contributed by atoms with E-state index in [0.717, 1.165) is 50.7 Å². The highest BCUT2D eigenvalue weighted by Crippen LogP contribution is 2.67. The molecule has 36 heavy (non-hydrogen) atoms. The molecule has 1 aromatic rings. The minimum atomic E-state index is -0.814. The van der Waals surface area contributed by atoms with Crippen LogP contribution in [0, 0.1) is 17.3 Å². The van der Waals surface area contributed by atoms with Gasteiger partial charge >= 0.3 is 0 Å². The number of hydrogen-bond donors (Lipinski definition) is 1. The number of carbonyl (C=O) groups excluding carboxylic acids is 1. The van der Waals surface area contributed by atoms with Crippen molar-refractivity contribution in [3.8, 4) is 0 Å². The van der Waals surface area contributed by atoms with Crippen molar-refractivity contribution in [2.75, 3.05) is 39.8 Å². The Kier molecular flexibility index (Phi) is 6.63. The van der Waals surface area contributed by atoms with Crippen molar-refractivity contribution in [2.45, 2.75) is 63.4 Å². The summed E-state index contributed by atoms with van der Waals surface area (Å²) in [4.78, 5) is 15.7. The molecule has 0 bridgehead atoms. The highest BCUT2D eigenvalue weighted by molar-refractivity contribution is 5.97. The lowest BCUT2D eigenvalue weighted by atomic mass is 9.50. The summed E-state index contributed by atoms with van der Waals surface area (Å²) in [5, 5.41) is 12.9. The van der Waals surface area contributed by atoms with Crippen LogP contribution < -0.4 is 4.90 Å². The van der Waals surface area contributed by atoms with Gasteiger partial charge in [-0.1, -0.05) is 29.8 Å². The quantitative estimate of drug-likeness (QED) is 0.419. The zero-order valence-corrected chi connectivity index (χ0v) is 22.3. The highest BCUT2D eigenvalue weighted by Gasteiger charge is 2.66. The van der Waals surface area contributed by atoms with Gasteiger partial charge in [0.2, 0.25) is 0 Å². The Hall–Kier alpha value is -2.44. The molecule has 4 aliphatic carbocycles. The van der Waals surface area contributed by atoms with Crippen LogP contribution in [0.3, 0.4) is 0 Å². The first-order valence-electron chi connectivity index (χ1n) is 13.3. The smallest absolute Gasteiger partial charge is 0.190 e. The summed E-state index contributed by atoms with van der Waals surface area (Å²) in [5.74, 6) is 1.12. The van der Waals surface area contributed by atoms with Crippen LogP contribution in [-0.2, 0) is 14.3 Å². The average molecular weight is 493 g/mol. The van der Waals surface area contributed by atoms with Crippen LogP contribution in [0.25, 0.3) is 0 Å². The van der Waals surface area contributed by atoms with Gasteiger partial charge in [-0.25, -0.2) is 0 Å². The van der Waals surface area contributed by atoms with Crippen molar-refractivity contribution in [2.24, 2.45) is 22.4 Å². The Balaban J connectivity index is 1.66. The zero-order chi connectivity index (χ0) is 25.7. The second kappa shape index (κ2) is 9.46. The average Bonchev–Trinajstić information content (AvgIpc) is 3.20. The van der Waals surface area contributed by atoms with E-state index in [0.29, 0.717) is 11.8 Å². The molecule has 0 aliphatic heterocycles. The fourth-order valence-electron chi connectivity index (χ4n) is 8.20. The molecule has 5 atom stereocenters. The molecule has 1 N–H and O–H groups in total. The van der Waals surface area contributed by atoms with E-state index in [2.05, 4.69) is 61.4 Å². The van der Waals surface area contributed by atoms with Gasteiger partial charge in [0.15, 0.2) is 5.78 Å². The number of nitrogens with zero attached hydrogens (tertiary/aromatic N) is 2. The summed E-state index contributed by atoms with van der Waals surface area (Å²) in [7, 11) is 7.44. The van der Waals surface area contributed by atoms with Gasteiger partial charge < -0.3 is 19.6 Å². The van der Waals surface area contributed by atoms with Crippen molar-refractivity contribution in [1.82, 2.24) is 0 Å². The molecular formula is C30H40N2O4. The van der Waals surface area contributed by atoms with Crippen molar-refractivity contribution < 1.29 is 19.5 Å². The molecule has 2 fully saturated rings. The van der Waals surface area contributed by atoms with Crippen LogP contribution >= 0.6 is 0 Å². The molecule has 2 unspecified atom stereocenters. The van der Waals surface area contributed by atoms with Crippen LogP contribution in [0.5, 0.6) is 0 Å². The van der Waals surface area contributed by atoms with Crippen LogP contribution in [0.4, 0.5) is 5.69 Å². The second-order valence-electron chi connectivity index (χ2n) is 11.5. The number of allylic oxidation sites excluding steroid dienone is 4. The topological polar surface area (TPSA) is 71.4 Å². The van der Waals surface area contributed by atoms with Crippen molar-refractivity contribution in [1.29, 1.82) is 0 Å². The summed E-state index contributed by atoms with van der Waals surface area (Å²) in [6.07, 6.45) is 8.49. The molecule has 0 aromatic heterocycles. The Morgan fingerprint density at radius 1 is 1.14 bits per heavy atom. The summed E-state index contributed by atoms with van der Waals surface area (Å²) in [6.45, 7) is 2.40. The molecule has 5 rings (SSSR count). The Labute approximate surface area is 215 Å². The SMILES string of the molecule is COCC(=O)[C@@]1(OC)CCC2C3CCC4=C/C(=N/O)CCC4=C3[C@@H](c3ccc(N(C)C)cc3)C[C@@]21C. The van der Waals surface area contributed by atoms with Crippen molar-refractivity contribution >= 4 is 17.2 Å². The highest BCUT2D eigenvalue weighted by atomic mass is 16.5. The van der Waals surface area contributed by atoms with Gasteiger partial charge in [-0.2, -0.15) is 0 Å². The second-order valence-corrected chi connectivity index (χ2v) is 11.5. The maximum Gasteiger partial charge on any atom is 0.190 e. The maximum atomic E-state index is 13.6. The summed E-state index contributed by atoms with van der Waals surface area (Å²) in [5.41, 5.74) is 6.56. The van der Waals surface area contributed by atoms with E-state index in [1.807, 2.05) is 0 Å². The monoisotopic (exact) mass is 492 g/mol. The van der Waals surface area contributed by atoms with Gasteiger partial charge in [0, 0.05) is 45.3 Å². The predicted octanol–water partition coefficient (Wildman–Crippen LogP) is 5.51. The van der Waals surface area contributed by atoms with Crippen LogP contribution in [0.2, 0.25) is 0 Å². The minimum absolute atomic E-state index is 0.0770. The molecule has 1 aromatic carbocycles. The summed E-state index contributed by atoms with van der Waals surface area (Å²) in [6, 6.07) is 8.96. The van der Waals surface area contributed by atoms with Crippen LogP contribution in [0.15, 0.2) is 52.2 Å². The van der Waals surface area contributed by atoms with Gasteiger partial charge in [0.05, 0.1) is 5.71 Å². The van der Waals surface area contributed by atoms with E-state index in [-0.39, 0.29) is 23.7 Å². The number of ketones is 1. The minimum Gasteiger partial charge on any atom is -0.411 e. The Bertz CT molecular complexity index is 1120. The standard InChI is InChI=1S/C30H40N2O4/c1-29-17-25(19-6-10-22(11-7-19)32(2)3)28-23-13-9-21(31-34)16-20(23)8-12-24(28)26(29)14-15-30(29,36-5)27(33)18-35-4/h6-7,10-11,16,24-26,34H,8-9,12-15,17-18H2,1-5H3/b31-21+/t24?,25-,26?,29+,30+/m1/s1. The third-order valence-electron chi connectivity index (χ3n) is 9.88. The van der Waals surface area contributed by atoms with E-state index in [4.69, 9.17) is 9.47 Å². The number of ether oxygens (including phenoxy) is 2. The number of rotatable bonds is 6. The third kappa shape index (κ3) is 3.67. The largest absolute Gasteiger partial charge is 0.411 e. The number of methoxy groups -OCH3 is 2. The van der Waals surface area contributed by atoms with Gasteiger partial charge in [0.25, 0.3) is 0 Å². The molecule has 0 saturated heterocycles. The zero-order valence-electron chi connectivity index (χ0n) is 22.3. The number of fused-ring (bicyclic) bond motifs is 4. The number of Topliss-reactive ketones (excluding diaryl/α,β-unsaturated/α-hetero) is 1. The summed E-state index contributed by atoms with van der Waals surface area (Å²) >= 11 is 0. The summed E-state index contributed by atoms with van der Waals surface area (Å²) < 4.78 is 11.6. The lowest BCUT2D eigenvalue weighted by Gasteiger charge is -2.55. The molecule has 6 nitrogen and oxygen atoms in total. The predicted molar refractivity (Wildman–Crippen MR) is 142 cm³/mol. The number of oxime groups is 1. The lowest BCUT2D eigenvalue weighted by molar-refractivity contribution is -0.166. The van der Waals surface area contributed by atoms with Crippen molar-refractivity contribution in [3.05, 3.63) is 52.6 Å². The normalized spacial score (nSPS) is 34.6. The number of carbonyl (C=O) groups is 1. The lowest BCUT2D eigenvalue weighted by Crippen LogP contribution is -2.57. The van der Waals surface area contributed by atoms with Crippen LogP contribution in [-0.4, -0.2) is 57.2 Å². The van der Waals surface area contributed by atoms with E-state index < -0.39 is 5.60 Å². The molecule has 0 heterocycles. The molecular weight excluding hydrogens is 452 g/mol.